The summed E-state index contributed by atoms with van der Waals surface area (Å²) in [6.45, 7) is 2.10. The molecule has 0 unspecified atom stereocenters. The highest BCUT2D eigenvalue weighted by Gasteiger charge is 2.05. The van der Waals surface area contributed by atoms with Gasteiger partial charge in [0, 0.05) is 13.0 Å². The molecule has 1 heterocycles. The van der Waals surface area contributed by atoms with Crippen LogP contribution in [0.5, 0.6) is 0 Å². The lowest BCUT2D eigenvalue weighted by atomic mass is 10.1. The molecule has 0 radical (unpaired) electrons. The Morgan fingerprint density at radius 2 is 1.88 bits per heavy atom. The van der Waals surface area contributed by atoms with E-state index in [1.54, 1.807) is 0 Å². The van der Waals surface area contributed by atoms with E-state index in [1.165, 1.54) is 19.3 Å². The van der Waals surface area contributed by atoms with Crippen LogP contribution in [0.3, 0.4) is 0 Å². The first kappa shape index (κ1) is 13.7. The monoisotopic (exact) mass is 236 g/mol. The fourth-order valence-corrected chi connectivity index (χ4v) is 1.91. The van der Waals surface area contributed by atoms with Gasteiger partial charge in [-0.25, -0.2) is 0 Å². The van der Waals surface area contributed by atoms with Crippen LogP contribution in [-0.2, 0) is 4.79 Å². The molecule has 0 aliphatic carbocycles. The van der Waals surface area contributed by atoms with Crippen molar-refractivity contribution in [3.05, 3.63) is 24.4 Å². The van der Waals surface area contributed by atoms with E-state index in [1.807, 2.05) is 12.2 Å². The van der Waals surface area contributed by atoms with Gasteiger partial charge in [0.2, 0.25) is 0 Å². The number of aliphatic carboxylic acids is 1. The van der Waals surface area contributed by atoms with E-state index < -0.39 is 5.97 Å². The van der Waals surface area contributed by atoms with E-state index in [4.69, 9.17) is 5.11 Å². The second kappa shape index (κ2) is 8.77. The van der Waals surface area contributed by atoms with Gasteiger partial charge in [-0.15, -0.1) is 0 Å². The molecule has 0 aromatic carbocycles. The minimum atomic E-state index is -0.674. The molecule has 1 rings (SSSR count). The van der Waals surface area contributed by atoms with Crippen LogP contribution in [0.4, 0.5) is 0 Å². The van der Waals surface area contributed by atoms with Crippen LogP contribution in [-0.4, -0.2) is 29.1 Å². The van der Waals surface area contributed by atoms with Crippen LogP contribution < -0.4 is 0 Å². The van der Waals surface area contributed by atoms with Crippen molar-refractivity contribution in [2.45, 2.75) is 44.9 Å². The first-order chi connectivity index (χ1) is 8.29. The molecule has 0 saturated carbocycles. The number of hydrogen-bond acceptors (Lipinski definition) is 2. The maximum absolute atomic E-state index is 10.3. The van der Waals surface area contributed by atoms with Gasteiger partial charge in [-0.2, -0.15) is 0 Å². The van der Waals surface area contributed by atoms with Gasteiger partial charge < -0.3 is 5.11 Å². The molecule has 0 saturated heterocycles. The van der Waals surface area contributed by atoms with Gasteiger partial charge in [-0.3, -0.25) is 9.69 Å². The summed E-state index contributed by atoms with van der Waals surface area (Å²) in [7, 11) is 0. The smallest absolute Gasteiger partial charge is 0.303 e. The number of nitrogens with zero attached hydrogens (tertiary/aromatic N) is 1. The number of allylic oxidation sites excluding steroid dienone is 2. The van der Waals surface area contributed by atoms with Crippen molar-refractivity contribution < 1.29 is 9.90 Å². The van der Waals surface area contributed by atoms with Crippen molar-refractivity contribution in [2.75, 3.05) is 13.1 Å². The molecule has 17 heavy (non-hydrogen) atoms. The van der Waals surface area contributed by atoms with Crippen molar-refractivity contribution in [3.8, 4) is 0 Å². The summed E-state index contributed by atoms with van der Waals surface area (Å²) >= 11 is 0. The second-order valence-corrected chi connectivity index (χ2v) is 4.45. The summed E-state index contributed by atoms with van der Waals surface area (Å²) in [5.41, 5.74) is 0. The molecule has 3 heteroatoms. The molecule has 0 aromatic rings. The summed E-state index contributed by atoms with van der Waals surface area (Å²) in [4.78, 5) is 12.6. The zero-order valence-electron chi connectivity index (χ0n) is 10.4. The molecular weight excluding hydrogens is 214 g/mol. The first-order valence-corrected chi connectivity index (χ1v) is 6.49. The zero-order chi connectivity index (χ0) is 12.3. The van der Waals surface area contributed by atoms with Crippen molar-refractivity contribution in [1.82, 2.24) is 4.90 Å². The van der Waals surface area contributed by atoms with Gasteiger partial charge in [0.1, 0.15) is 6.20 Å². The normalized spacial score (nSPS) is 13.8. The van der Waals surface area contributed by atoms with E-state index in [9.17, 15) is 4.79 Å². The Kier molecular flexibility index (Phi) is 7.08. The average molecular weight is 236 g/mol. The summed E-state index contributed by atoms with van der Waals surface area (Å²) in [5, 5.41) is 8.48. The van der Waals surface area contributed by atoms with Crippen LogP contribution >= 0.6 is 0 Å². The molecule has 3 nitrogen and oxygen atoms in total. The van der Waals surface area contributed by atoms with Crippen molar-refractivity contribution >= 4 is 5.97 Å². The maximum atomic E-state index is 10.3. The van der Waals surface area contributed by atoms with Crippen LogP contribution in [0.2, 0.25) is 0 Å². The van der Waals surface area contributed by atoms with Crippen LogP contribution in [0.1, 0.15) is 44.9 Å². The number of carboxylic acids is 1. The molecule has 0 amide bonds. The minimum Gasteiger partial charge on any atom is -0.481 e. The molecule has 1 aliphatic heterocycles. The minimum absolute atomic E-state index is 0.321. The molecule has 94 valence electrons. The van der Waals surface area contributed by atoms with E-state index >= 15 is 0 Å². The zero-order valence-corrected chi connectivity index (χ0v) is 10.4. The Morgan fingerprint density at radius 3 is 2.53 bits per heavy atom. The molecule has 0 bridgehead atoms. The highest BCUT2D eigenvalue weighted by atomic mass is 16.4. The molecule has 1 aliphatic rings. The summed E-state index contributed by atoms with van der Waals surface area (Å²) in [6, 6.07) is 0. The molecule has 1 N–H and O–H groups in total. The predicted molar refractivity (Wildman–Crippen MR) is 68.5 cm³/mol. The lowest BCUT2D eigenvalue weighted by Gasteiger charge is -2.13. The third-order valence-electron chi connectivity index (χ3n) is 2.91. The second-order valence-electron chi connectivity index (χ2n) is 4.45. The Hall–Kier alpha value is -1.34. The fraction of sp³-hybridized carbons (Fsp3) is 0.643. The maximum Gasteiger partial charge on any atom is 0.303 e. The quantitative estimate of drug-likeness (QED) is 0.494. The van der Waals surface area contributed by atoms with Crippen LogP contribution in [0, 0.1) is 6.08 Å². The van der Waals surface area contributed by atoms with E-state index in [0.717, 1.165) is 32.4 Å². The Morgan fingerprint density at radius 1 is 1.18 bits per heavy atom. The van der Waals surface area contributed by atoms with E-state index in [-0.39, 0.29) is 0 Å². The van der Waals surface area contributed by atoms with Gasteiger partial charge in [-0.05, 0) is 12.8 Å². The van der Waals surface area contributed by atoms with Crippen LogP contribution in [0.25, 0.3) is 0 Å². The molecule has 0 spiro atoms. The Labute approximate surface area is 104 Å². The van der Waals surface area contributed by atoms with E-state index in [0.29, 0.717) is 6.42 Å². The molecule has 0 atom stereocenters. The third-order valence-corrected chi connectivity index (χ3v) is 2.91. The lowest BCUT2D eigenvalue weighted by molar-refractivity contribution is -0.137. The largest absolute Gasteiger partial charge is 0.481 e. The number of unbranched alkanes of at least 4 members (excludes halogenated alkanes) is 5. The topological polar surface area (TPSA) is 40.5 Å². The van der Waals surface area contributed by atoms with Crippen LogP contribution in [0.15, 0.2) is 18.4 Å². The Bertz CT molecular complexity index is 271. The Balaban J connectivity index is 1.83. The van der Waals surface area contributed by atoms with Crippen molar-refractivity contribution in [2.24, 2.45) is 0 Å². The third kappa shape index (κ3) is 7.53. The number of hydrogen-bond donors (Lipinski definition) is 1. The summed E-state index contributed by atoms with van der Waals surface area (Å²) < 4.78 is 0. The highest BCUT2D eigenvalue weighted by Crippen LogP contribution is 2.08. The summed E-state index contributed by atoms with van der Waals surface area (Å²) in [5.74, 6) is -0.674. The van der Waals surface area contributed by atoms with Gasteiger partial charge in [0.15, 0.2) is 6.08 Å². The average Bonchev–Trinajstić information content (AvgIpc) is 2.33. The van der Waals surface area contributed by atoms with Gasteiger partial charge in [0.05, 0.1) is 18.7 Å². The predicted octanol–water partition coefficient (Wildman–Crippen LogP) is 2.99. The number of carbonyl (C=O) groups is 1. The van der Waals surface area contributed by atoms with E-state index in [2.05, 4.69) is 17.2 Å². The molecular formula is C14H22NO2+. The standard InChI is InChI=1S/C14H21NO2/c16-14(17)10-6-3-1-2-4-7-11-15-12-8-5-9-13-15/h8-9,12H,1-4,6-7,10-11,13H2/p+1. The first-order valence-electron chi connectivity index (χ1n) is 6.49. The van der Waals surface area contributed by atoms with Gasteiger partial charge >= 0.3 is 5.97 Å². The van der Waals surface area contributed by atoms with Gasteiger partial charge in [-0.1, -0.05) is 25.7 Å². The molecule has 0 fully saturated rings. The fourth-order valence-electron chi connectivity index (χ4n) is 1.91. The SMILES string of the molecule is O=C(O)CCCCCCCCN1C=C[C+]=CC1. The van der Waals surface area contributed by atoms with Crippen molar-refractivity contribution in [3.63, 3.8) is 0 Å². The summed E-state index contributed by atoms with van der Waals surface area (Å²) in [6.07, 6.45) is 16.2. The van der Waals surface area contributed by atoms with Gasteiger partial charge in [0.25, 0.3) is 0 Å². The lowest BCUT2D eigenvalue weighted by Crippen LogP contribution is -2.19. The number of carboxylic acid groups (broad SMARTS) is 1. The molecule has 0 aromatic heterocycles. The highest BCUT2D eigenvalue weighted by molar-refractivity contribution is 5.66. The van der Waals surface area contributed by atoms with Crippen molar-refractivity contribution in [1.29, 1.82) is 0 Å². The number of rotatable bonds is 9.